The summed E-state index contributed by atoms with van der Waals surface area (Å²) in [5, 5.41) is 22.6. The van der Waals surface area contributed by atoms with Gasteiger partial charge in [-0.2, -0.15) is 0 Å². The first-order valence-electron chi connectivity index (χ1n) is 12.5. The largest absolute Gasteiger partial charge is 0.391 e. The van der Waals surface area contributed by atoms with Crippen molar-refractivity contribution in [3.8, 4) is 0 Å². The molecule has 0 aliphatic carbocycles. The zero-order chi connectivity index (χ0) is 27.7. The second-order valence-electron chi connectivity index (χ2n) is 10.7. The lowest BCUT2D eigenvalue weighted by atomic mass is 9.92. The quantitative estimate of drug-likeness (QED) is 0.393. The Morgan fingerprint density at radius 3 is 2.53 bits per heavy atom. The SMILES string of the molecule is Cc1cc2nc(C)n(CC(=O)N3C[C@H](O)C[C@@H](n4cnc5c4c(=O)n(C)c(=O)n5C)[C@](C)(O)C3)c2cc1C. The Kier molecular flexibility index (Phi) is 6.07. The number of carbonyl (C=O) groups excluding carboxylic acids is 1. The molecule has 5 rings (SSSR count). The van der Waals surface area contributed by atoms with Crippen LogP contribution in [0.2, 0.25) is 0 Å². The number of fused-ring (bicyclic) bond motifs is 2. The minimum atomic E-state index is -1.51. The van der Waals surface area contributed by atoms with Crippen molar-refractivity contribution in [1.29, 1.82) is 0 Å². The molecule has 1 saturated heterocycles. The Bertz CT molecular complexity index is 1710. The van der Waals surface area contributed by atoms with Crippen LogP contribution < -0.4 is 11.2 Å². The summed E-state index contributed by atoms with van der Waals surface area (Å²) < 4.78 is 5.62. The van der Waals surface area contributed by atoms with Crippen LogP contribution >= 0.6 is 0 Å². The number of hydrogen-bond acceptors (Lipinski definition) is 7. The maximum Gasteiger partial charge on any atom is 0.332 e. The smallest absolute Gasteiger partial charge is 0.332 e. The summed E-state index contributed by atoms with van der Waals surface area (Å²) >= 11 is 0. The standard InChI is InChI=1S/C26H33N7O5/c1-14-7-18-19(8-15(14)2)32(16(3)28-18)11-21(35)31-10-17(34)9-20(26(4,38)12-31)33-13-27-23-22(33)24(36)30(6)25(37)29(23)5/h7-8,13,17,20,34,38H,9-12H2,1-6H3/t17-,20-,26-/m1/s1. The van der Waals surface area contributed by atoms with Crippen molar-refractivity contribution in [3.63, 3.8) is 0 Å². The van der Waals surface area contributed by atoms with Gasteiger partial charge in [-0.3, -0.25) is 18.7 Å². The number of imidazole rings is 2. The Labute approximate surface area is 218 Å². The summed E-state index contributed by atoms with van der Waals surface area (Å²) in [6, 6.07) is 3.24. The van der Waals surface area contributed by atoms with Gasteiger partial charge in [-0.25, -0.2) is 14.8 Å². The zero-order valence-corrected chi connectivity index (χ0v) is 22.5. The number of carbonyl (C=O) groups is 1. The highest BCUT2D eigenvalue weighted by Gasteiger charge is 2.42. The van der Waals surface area contributed by atoms with Gasteiger partial charge in [0.1, 0.15) is 18.0 Å². The first-order chi connectivity index (χ1) is 17.8. The molecule has 1 amide bonds. The van der Waals surface area contributed by atoms with Gasteiger partial charge in [0, 0.05) is 20.6 Å². The fraction of sp³-hybridized carbons (Fsp3) is 0.500. The van der Waals surface area contributed by atoms with Gasteiger partial charge < -0.3 is 24.2 Å². The van der Waals surface area contributed by atoms with Crippen LogP contribution in [-0.2, 0) is 25.4 Å². The fourth-order valence-electron chi connectivity index (χ4n) is 5.54. The normalized spacial score (nSPS) is 22.4. The maximum atomic E-state index is 13.5. The highest BCUT2D eigenvalue weighted by atomic mass is 16.3. The Morgan fingerprint density at radius 2 is 1.82 bits per heavy atom. The molecule has 1 aliphatic heterocycles. The van der Waals surface area contributed by atoms with Gasteiger partial charge in [-0.15, -0.1) is 0 Å². The van der Waals surface area contributed by atoms with E-state index in [1.54, 1.807) is 6.92 Å². The van der Waals surface area contributed by atoms with Gasteiger partial charge in [-0.05, 0) is 57.4 Å². The number of likely N-dealkylation sites (tertiary alicyclic amines) is 1. The lowest BCUT2D eigenvalue weighted by Crippen LogP contribution is -2.48. The number of nitrogens with zero attached hydrogens (tertiary/aromatic N) is 7. The summed E-state index contributed by atoms with van der Waals surface area (Å²) in [5.41, 5.74) is 1.65. The van der Waals surface area contributed by atoms with Crippen LogP contribution in [0.1, 0.15) is 36.3 Å². The van der Waals surface area contributed by atoms with E-state index in [9.17, 15) is 24.6 Å². The lowest BCUT2D eigenvalue weighted by molar-refractivity contribution is -0.136. The lowest BCUT2D eigenvalue weighted by Gasteiger charge is -2.34. The number of amides is 1. The van der Waals surface area contributed by atoms with Crippen LogP contribution in [0.25, 0.3) is 22.2 Å². The molecule has 1 aliphatic rings. The summed E-state index contributed by atoms with van der Waals surface area (Å²) in [6.07, 6.45) is 0.525. The predicted molar refractivity (Wildman–Crippen MR) is 141 cm³/mol. The molecule has 1 fully saturated rings. The molecule has 1 aromatic carbocycles. The third-order valence-corrected chi connectivity index (χ3v) is 7.86. The van der Waals surface area contributed by atoms with Crippen molar-refractivity contribution in [2.75, 3.05) is 13.1 Å². The van der Waals surface area contributed by atoms with Crippen molar-refractivity contribution in [3.05, 3.63) is 56.2 Å². The van der Waals surface area contributed by atoms with Crippen LogP contribution in [0, 0.1) is 20.8 Å². The van der Waals surface area contributed by atoms with Crippen molar-refractivity contribution in [2.45, 2.75) is 58.4 Å². The highest BCUT2D eigenvalue weighted by Crippen LogP contribution is 2.33. The van der Waals surface area contributed by atoms with E-state index >= 15 is 0 Å². The van der Waals surface area contributed by atoms with Gasteiger partial charge in [0.05, 0.1) is 36.1 Å². The molecular formula is C26H33N7O5. The first kappa shape index (κ1) is 25.9. The number of aliphatic hydroxyl groups excluding tert-OH is 1. The number of rotatable bonds is 3. The van der Waals surface area contributed by atoms with Crippen molar-refractivity contribution in [1.82, 2.24) is 33.1 Å². The zero-order valence-electron chi connectivity index (χ0n) is 22.5. The summed E-state index contributed by atoms with van der Waals surface area (Å²) in [6.45, 7) is 7.43. The van der Waals surface area contributed by atoms with Gasteiger partial charge in [0.15, 0.2) is 11.2 Å². The molecule has 0 saturated carbocycles. The van der Waals surface area contributed by atoms with Crippen LogP contribution in [0.15, 0.2) is 28.0 Å². The first-order valence-corrected chi connectivity index (χ1v) is 12.5. The van der Waals surface area contributed by atoms with E-state index < -0.39 is 29.0 Å². The third kappa shape index (κ3) is 4.04. The molecule has 2 N–H and O–H groups in total. The molecule has 202 valence electrons. The van der Waals surface area contributed by atoms with E-state index in [4.69, 9.17) is 0 Å². The minimum Gasteiger partial charge on any atom is -0.391 e. The minimum absolute atomic E-state index is 0.00889. The molecule has 4 aromatic rings. The Hall–Kier alpha value is -3.77. The topological polar surface area (TPSA) is 140 Å². The molecule has 0 spiro atoms. The van der Waals surface area contributed by atoms with Crippen molar-refractivity contribution < 1.29 is 15.0 Å². The molecule has 12 nitrogen and oxygen atoms in total. The van der Waals surface area contributed by atoms with Gasteiger partial charge in [0.25, 0.3) is 5.56 Å². The second kappa shape index (κ2) is 8.91. The molecule has 12 heteroatoms. The number of benzene rings is 1. The number of aliphatic hydroxyl groups is 2. The van der Waals surface area contributed by atoms with E-state index in [-0.39, 0.29) is 43.1 Å². The summed E-state index contributed by atoms with van der Waals surface area (Å²) in [5.74, 6) is 0.434. The molecule has 0 radical (unpaired) electrons. The van der Waals surface area contributed by atoms with E-state index in [0.29, 0.717) is 5.82 Å². The van der Waals surface area contributed by atoms with Gasteiger partial charge in [0.2, 0.25) is 5.91 Å². The van der Waals surface area contributed by atoms with Gasteiger partial charge in [-0.1, -0.05) is 0 Å². The molecule has 0 unspecified atom stereocenters. The van der Waals surface area contributed by atoms with Gasteiger partial charge >= 0.3 is 5.69 Å². The molecule has 4 heterocycles. The Morgan fingerprint density at radius 1 is 1.13 bits per heavy atom. The second-order valence-corrected chi connectivity index (χ2v) is 10.7. The number of β-amino-alcohol motifs (C(OH)–C–C–N with tert-alkyl or cyclic N) is 2. The van der Waals surface area contributed by atoms with E-state index in [0.717, 1.165) is 26.7 Å². The molecule has 38 heavy (non-hydrogen) atoms. The Balaban J connectivity index is 1.49. The number of aromatic nitrogens is 6. The number of hydrogen-bond donors (Lipinski definition) is 2. The van der Waals surface area contributed by atoms with Crippen LogP contribution in [0.5, 0.6) is 0 Å². The van der Waals surface area contributed by atoms with Crippen molar-refractivity contribution in [2.24, 2.45) is 14.1 Å². The maximum absolute atomic E-state index is 13.5. The molecule has 3 aromatic heterocycles. The summed E-state index contributed by atoms with van der Waals surface area (Å²) in [4.78, 5) is 49.2. The molecular weight excluding hydrogens is 490 g/mol. The summed E-state index contributed by atoms with van der Waals surface area (Å²) in [7, 11) is 2.90. The highest BCUT2D eigenvalue weighted by molar-refractivity contribution is 5.82. The fourth-order valence-corrected chi connectivity index (χ4v) is 5.54. The monoisotopic (exact) mass is 523 g/mol. The van der Waals surface area contributed by atoms with Crippen LogP contribution in [0.3, 0.4) is 0 Å². The predicted octanol–water partition coefficient (Wildman–Crippen LogP) is 0.294. The van der Waals surface area contributed by atoms with Crippen LogP contribution in [0.4, 0.5) is 0 Å². The third-order valence-electron chi connectivity index (χ3n) is 7.86. The van der Waals surface area contributed by atoms with Crippen molar-refractivity contribution >= 4 is 28.1 Å². The van der Waals surface area contributed by atoms with Crippen LogP contribution in [-0.4, -0.2) is 74.1 Å². The van der Waals surface area contributed by atoms with E-state index in [1.807, 2.05) is 37.5 Å². The molecule has 3 atom stereocenters. The average Bonchev–Trinajstić information content (AvgIpc) is 3.37. The number of aryl methyl sites for hydroxylation is 4. The van der Waals surface area contributed by atoms with E-state index in [1.165, 1.54) is 34.5 Å². The molecule has 0 bridgehead atoms. The van der Waals surface area contributed by atoms with E-state index in [2.05, 4.69) is 9.97 Å². The average molecular weight is 524 g/mol.